The number of rotatable bonds is 6. The van der Waals surface area contributed by atoms with Crippen molar-refractivity contribution in [3.8, 4) is 0 Å². The van der Waals surface area contributed by atoms with E-state index in [2.05, 4.69) is 0 Å². The highest BCUT2D eigenvalue weighted by Gasteiger charge is 2.27. The number of aliphatic carboxylic acids is 2. The van der Waals surface area contributed by atoms with Crippen LogP contribution in [0.3, 0.4) is 0 Å². The van der Waals surface area contributed by atoms with E-state index >= 15 is 0 Å². The fraction of sp³-hybridized carbons (Fsp3) is 0.700. The molecule has 0 spiro atoms. The maximum absolute atomic E-state index is 11.5. The van der Waals surface area contributed by atoms with Gasteiger partial charge in [0.05, 0.1) is 5.92 Å². The first-order chi connectivity index (χ1) is 7.31. The molecule has 0 aliphatic rings. The van der Waals surface area contributed by atoms with Gasteiger partial charge in [0.2, 0.25) is 5.91 Å². The molecule has 1 amide bonds. The second kappa shape index (κ2) is 6.09. The van der Waals surface area contributed by atoms with Gasteiger partial charge in [0, 0.05) is 13.0 Å². The lowest BCUT2D eigenvalue weighted by Crippen LogP contribution is -2.46. The lowest BCUT2D eigenvalue weighted by atomic mass is 10.1. The maximum Gasteiger partial charge on any atom is 0.326 e. The molecule has 0 aliphatic heterocycles. The summed E-state index contributed by atoms with van der Waals surface area (Å²) in [6.07, 6.45) is 0.157. The van der Waals surface area contributed by atoms with Crippen molar-refractivity contribution in [2.24, 2.45) is 5.92 Å². The fourth-order valence-corrected chi connectivity index (χ4v) is 1.19. The van der Waals surface area contributed by atoms with Crippen LogP contribution in [0.2, 0.25) is 0 Å². The Morgan fingerprint density at radius 2 is 1.62 bits per heavy atom. The van der Waals surface area contributed by atoms with E-state index in [0.29, 0.717) is 0 Å². The minimum atomic E-state index is -1.14. The van der Waals surface area contributed by atoms with Crippen LogP contribution in [0.15, 0.2) is 0 Å². The minimum absolute atomic E-state index is 0.0878. The molecule has 0 bridgehead atoms. The third-order valence-electron chi connectivity index (χ3n) is 2.34. The largest absolute Gasteiger partial charge is 0.481 e. The highest BCUT2D eigenvalue weighted by atomic mass is 16.4. The molecule has 2 unspecified atom stereocenters. The van der Waals surface area contributed by atoms with Crippen LogP contribution in [0.4, 0.5) is 0 Å². The van der Waals surface area contributed by atoms with E-state index in [1.165, 1.54) is 13.8 Å². The predicted octanol–water partition coefficient (Wildman–Crippen LogP) is 0.419. The number of nitrogens with zero attached hydrogens (tertiary/aromatic N) is 1. The number of hydrogen-bond acceptors (Lipinski definition) is 3. The molecule has 0 aromatic heterocycles. The molecule has 0 saturated carbocycles. The Morgan fingerprint density at radius 1 is 1.12 bits per heavy atom. The van der Waals surface area contributed by atoms with E-state index in [-0.39, 0.29) is 18.9 Å². The smallest absolute Gasteiger partial charge is 0.326 e. The van der Waals surface area contributed by atoms with Gasteiger partial charge in [-0.2, -0.15) is 0 Å². The number of carboxylic acids is 2. The van der Waals surface area contributed by atoms with E-state index in [9.17, 15) is 14.4 Å². The standard InChI is InChI=1S/C10H17NO5/c1-4-8(12)11(7(3)10(15)16)5-6(2)9(13)14/h6-7H,4-5H2,1-3H3,(H,13,14)(H,15,16). The summed E-state index contributed by atoms with van der Waals surface area (Å²) in [5.74, 6) is -3.33. The average molecular weight is 231 g/mol. The van der Waals surface area contributed by atoms with Crippen molar-refractivity contribution in [3.05, 3.63) is 0 Å². The lowest BCUT2D eigenvalue weighted by molar-refractivity contribution is -0.152. The highest BCUT2D eigenvalue weighted by molar-refractivity contribution is 5.83. The Morgan fingerprint density at radius 3 is 1.94 bits per heavy atom. The zero-order valence-corrected chi connectivity index (χ0v) is 9.64. The number of amides is 1. The zero-order chi connectivity index (χ0) is 12.9. The molecular formula is C10H17NO5. The third kappa shape index (κ3) is 3.88. The number of hydrogen-bond donors (Lipinski definition) is 2. The van der Waals surface area contributed by atoms with Crippen molar-refractivity contribution in [2.45, 2.75) is 33.2 Å². The van der Waals surface area contributed by atoms with Crippen molar-refractivity contribution >= 4 is 17.8 Å². The van der Waals surface area contributed by atoms with E-state index in [0.717, 1.165) is 4.90 Å². The quantitative estimate of drug-likeness (QED) is 0.690. The van der Waals surface area contributed by atoms with Crippen LogP contribution in [0.25, 0.3) is 0 Å². The minimum Gasteiger partial charge on any atom is -0.481 e. The second-order valence-corrected chi connectivity index (χ2v) is 3.65. The summed E-state index contributed by atoms with van der Waals surface area (Å²) >= 11 is 0. The van der Waals surface area contributed by atoms with E-state index in [4.69, 9.17) is 10.2 Å². The van der Waals surface area contributed by atoms with Crippen LogP contribution in [0.5, 0.6) is 0 Å². The van der Waals surface area contributed by atoms with Gasteiger partial charge in [-0.3, -0.25) is 9.59 Å². The molecule has 0 aromatic carbocycles. The second-order valence-electron chi connectivity index (χ2n) is 3.65. The van der Waals surface area contributed by atoms with Crippen molar-refractivity contribution in [3.63, 3.8) is 0 Å². The number of carbonyl (C=O) groups excluding carboxylic acids is 1. The molecule has 2 N–H and O–H groups in total. The average Bonchev–Trinajstić information content (AvgIpc) is 2.23. The van der Waals surface area contributed by atoms with Gasteiger partial charge in [-0.15, -0.1) is 0 Å². The van der Waals surface area contributed by atoms with Crippen LogP contribution >= 0.6 is 0 Å². The van der Waals surface area contributed by atoms with Crippen LogP contribution in [0, 0.1) is 5.92 Å². The lowest BCUT2D eigenvalue weighted by Gasteiger charge is -2.27. The summed E-state index contributed by atoms with van der Waals surface area (Å²) in [6, 6.07) is -1.01. The van der Waals surface area contributed by atoms with Crippen LogP contribution in [-0.4, -0.2) is 45.5 Å². The van der Waals surface area contributed by atoms with E-state index in [1.807, 2.05) is 0 Å². The van der Waals surface area contributed by atoms with Gasteiger partial charge in [0.15, 0.2) is 0 Å². The van der Waals surface area contributed by atoms with Crippen molar-refractivity contribution < 1.29 is 24.6 Å². The molecule has 92 valence electrons. The molecule has 0 rings (SSSR count). The van der Waals surface area contributed by atoms with Gasteiger partial charge in [-0.25, -0.2) is 4.79 Å². The van der Waals surface area contributed by atoms with E-state index in [1.54, 1.807) is 6.92 Å². The molecule has 0 radical (unpaired) electrons. The first-order valence-corrected chi connectivity index (χ1v) is 5.06. The Kier molecular flexibility index (Phi) is 5.49. The van der Waals surface area contributed by atoms with E-state index < -0.39 is 23.9 Å². The molecule has 6 nitrogen and oxygen atoms in total. The van der Waals surface area contributed by atoms with Gasteiger partial charge in [0.1, 0.15) is 6.04 Å². The molecule has 16 heavy (non-hydrogen) atoms. The monoisotopic (exact) mass is 231 g/mol. The Balaban J connectivity index is 4.75. The molecule has 0 fully saturated rings. The summed E-state index contributed by atoms with van der Waals surface area (Å²) < 4.78 is 0. The molecule has 0 saturated heterocycles. The summed E-state index contributed by atoms with van der Waals surface area (Å²) in [5, 5.41) is 17.5. The summed E-state index contributed by atoms with van der Waals surface area (Å²) in [7, 11) is 0. The normalized spacial score (nSPS) is 13.9. The molecular weight excluding hydrogens is 214 g/mol. The van der Waals surface area contributed by atoms with Gasteiger partial charge in [-0.1, -0.05) is 13.8 Å². The van der Waals surface area contributed by atoms with Crippen molar-refractivity contribution in [2.75, 3.05) is 6.54 Å². The molecule has 6 heteroatoms. The van der Waals surface area contributed by atoms with Crippen molar-refractivity contribution in [1.29, 1.82) is 0 Å². The summed E-state index contributed by atoms with van der Waals surface area (Å²) in [6.45, 7) is 4.32. The van der Waals surface area contributed by atoms with Crippen molar-refractivity contribution in [1.82, 2.24) is 4.90 Å². The molecule has 0 aromatic rings. The maximum atomic E-state index is 11.5. The number of carbonyl (C=O) groups is 3. The fourth-order valence-electron chi connectivity index (χ4n) is 1.19. The Labute approximate surface area is 93.9 Å². The first-order valence-electron chi connectivity index (χ1n) is 5.06. The summed E-state index contributed by atoms with van der Waals surface area (Å²) in [5.41, 5.74) is 0. The predicted molar refractivity (Wildman–Crippen MR) is 55.9 cm³/mol. The van der Waals surface area contributed by atoms with Gasteiger partial charge in [-0.05, 0) is 6.92 Å². The summed E-state index contributed by atoms with van der Waals surface area (Å²) in [4.78, 5) is 34.0. The van der Waals surface area contributed by atoms with Crippen LogP contribution in [-0.2, 0) is 14.4 Å². The number of carboxylic acid groups (broad SMARTS) is 2. The Hall–Kier alpha value is -1.59. The first kappa shape index (κ1) is 14.4. The highest BCUT2D eigenvalue weighted by Crippen LogP contribution is 2.08. The molecule has 0 aliphatic carbocycles. The van der Waals surface area contributed by atoms with Gasteiger partial charge in [0.25, 0.3) is 0 Å². The Bertz CT molecular complexity index is 289. The van der Waals surface area contributed by atoms with Gasteiger partial charge < -0.3 is 15.1 Å². The molecule has 0 heterocycles. The van der Waals surface area contributed by atoms with Crippen LogP contribution < -0.4 is 0 Å². The molecule has 2 atom stereocenters. The SMILES string of the molecule is CCC(=O)N(CC(C)C(=O)O)C(C)C(=O)O. The van der Waals surface area contributed by atoms with Gasteiger partial charge >= 0.3 is 11.9 Å². The van der Waals surface area contributed by atoms with Crippen LogP contribution in [0.1, 0.15) is 27.2 Å². The third-order valence-corrected chi connectivity index (χ3v) is 2.34. The topological polar surface area (TPSA) is 94.9 Å². The zero-order valence-electron chi connectivity index (χ0n) is 9.64.